The molecule has 0 aromatic heterocycles. The van der Waals surface area contributed by atoms with Crippen molar-refractivity contribution in [1.29, 1.82) is 0 Å². The summed E-state index contributed by atoms with van der Waals surface area (Å²) < 4.78 is 34.3. The van der Waals surface area contributed by atoms with E-state index >= 15 is 0 Å². The Morgan fingerprint density at radius 1 is 1.50 bits per heavy atom. The molecule has 5 nitrogen and oxygen atoms in total. The van der Waals surface area contributed by atoms with Gasteiger partial charge in [-0.25, -0.2) is 13.6 Å². The zero-order valence-corrected chi connectivity index (χ0v) is 12.4. The third kappa shape index (κ3) is 3.16. The molecular weight excluding hydrogens is 346 g/mol. The van der Waals surface area contributed by atoms with Gasteiger partial charge in [0.2, 0.25) is 10.0 Å². The van der Waals surface area contributed by atoms with E-state index in [1.807, 2.05) is 0 Å². The second kappa shape index (κ2) is 5.34. The van der Waals surface area contributed by atoms with Gasteiger partial charge in [-0.1, -0.05) is 27.5 Å². The highest BCUT2D eigenvalue weighted by atomic mass is 79.9. The van der Waals surface area contributed by atoms with Crippen LogP contribution in [0.4, 0.5) is 0 Å². The first kappa shape index (κ1) is 14.1. The van der Waals surface area contributed by atoms with Gasteiger partial charge in [-0.15, -0.1) is 0 Å². The first-order valence-corrected chi connectivity index (χ1v) is 7.86. The molecule has 0 aliphatic carbocycles. The van der Waals surface area contributed by atoms with Gasteiger partial charge in [-0.3, -0.25) is 0 Å². The van der Waals surface area contributed by atoms with Gasteiger partial charge >= 0.3 is 0 Å². The molecule has 1 fully saturated rings. The highest BCUT2D eigenvalue weighted by Crippen LogP contribution is 2.36. The zero-order valence-electron chi connectivity index (χ0n) is 9.23. The van der Waals surface area contributed by atoms with Crippen molar-refractivity contribution in [2.24, 2.45) is 5.14 Å². The molecule has 0 amide bonds. The molecule has 1 unspecified atom stereocenters. The number of sulfonamides is 1. The first-order chi connectivity index (χ1) is 8.38. The van der Waals surface area contributed by atoms with Crippen molar-refractivity contribution in [3.8, 4) is 5.75 Å². The lowest BCUT2D eigenvalue weighted by Crippen LogP contribution is -2.20. The summed E-state index contributed by atoms with van der Waals surface area (Å²) in [7, 11) is -3.90. The normalized spacial score (nSPS) is 20.1. The minimum Gasteiger partial charge on any atom is -0.485 e. The fourth-order valence-corrected chi connectivity index (χ4v) is 3.40. The quantitative estimate of drug-likeness (QED) is 0.897. The van der Waals surface area contributed by atoms with Crippen LogP contribution in [-0.4, -0.2) is 27.7 Å². The van der Waals surface area contributed by atoms with E-state index in [1.54, 1.807) is 6.07 Å². The average Bonchev–Trinajstić information content (AvgIpc) is 2.72. The van der Waals surface area contributed by atoms with E-state index in [2.05, 4.69) is 15.9 Å². The summed E-state index contributed by atoms with van der Waals surface area (Å²) in [5.74, 6) is 0.0814. The summed E-state index contributed by atoms with van der Waals surface area (Å²) in [6, 6.07) is 2.92. The van der Waals surface area contributed by atoms with E-state index < -0.39 is 10.0 Å². The molecule has 0 bridgehead atoms. The van der Waals surface area contributed by atoms with Crippen LogP contribution < -0.4 is 9.88 Å². The highest BCUT2D eigenvalue weighted by molar-refractivity contribution is 9.10. The van der Waals surface area contributed by atoms with Crippen molar-refractivity contribution in [3.63, 3.8) is 0 Å². The molecule has 1 aliphatic heterocycles. The molecule has 1 aromatic carbocycles. The molecule has 8 heteroatoms. The van der Waals surface area contributed by atoms with Crippen molar-refractivity contribution in [2.75, 3.05) is 13.2 Å². The Hall–Kier alpha value is -0.340. The molecule has 2 N–H and O–H groups in total. The van der Waals surface area contributed by atoms with Gasteiger partial charge in [0.25, 0.3) is 0 Å². The first-order valence-electron chi connectivity index (χ1n) is 5.14. The number of hydrogen-bond acceptors (Lipinski definition) is 4. The van der Waals surface area contributed by atoms with Gasteiger partial charge < -0.3 is 9.47 Å². The van der Waals surface area contributed by atoms with Crippen molar-refractivity contribution < 1.29 is 17.9 Å². The van der Waals surface area contributed by atoms with Gasteiger partial charge in [-0.05, 0) is 12.1 Å². The van der Waals surface area contributed by atoms with E-state index in [0.29, 0.717) is 24.1 Å². The zero-order chi connectivity index (χ0) is 13.3. The number of halogens is 2. The smallest absolute Gasteiger partial charge is 0.241 e. The van der Waals surface area contributed by atoms with Gasteiger partial charge in [0.1, 0.15) is 11.0 Å². The Bertz CT molecular complexity index is 557. The maximum Gasteiger partial charge on any atom is 0.241 e. The minimum atomic E-state index is -3.90. The molecule has 100 valence electrons. The molecule has 2 rings (SSSR count). The van der Waals surface area contributed by atoms with Crippen LogP contribution in [0.25, 0.3) is 0 Å². The predicted octanol–water partition coefficient (Wildman–Crippen LogP) is 1.92. The third-order valence-corrected chi connectivity index (χ3v) is 4.11. The predicted molar refractivity (Wildman–Crippen MR) is 70.4 cm³/mol. The number of benzene rings is 1. The molecule has 1 saturated heterocycles. The van der Waals surface area contributed by atoms with Crippen molar-refractivity contribution in [2.45, 2.75) is 17.4 Å². The van der Waals surface area contributed by atoms with Crippen molar-refractivity contribution >= 4 is 37.6 Å². The van der Waals surface area contributed by atoms with Crippen LogP contribution in [0.3, 0.4) is 0 Å². The minimum absolute atomic E-state index is 0.0814. The summed E-state index contributed by atoms with van der Waals surface area (Å²) in [5.41, 5.74) is 0. The Morgan fingerprint density at radius 2 is 2.22 bits per heavy atom. The van der Waals surface area contributed by atoms with Gasteiger partial charge in [-0.2, -0.15) is 0 Å². The van der Waals surface area contributed by atoms with E-state index in [-0.39, 0.29) is 21.8 Å². The molecule has 0 radical (unpaired) electrons. The number of rotatable bonds is 3. The fraction of sp³-hybridized carbons (Fsp3) is 0.400. The molecular formula is C10H11BrClNO4S. The molecule has 0 spiro atoms. The Labute approximate surface area is 118 Å². The third-order valence-electron chi connectivity index (χ3n) is 2.45. The Balaban J connectivity index is 2.43. The number of hydrogen-bond donors (Lipinski definition) is 1. The largest absolute Gasteiger partial charge is 0.485 e. The van der Waals surface area contributed by atoms with Crippen LogP contribution >= 0.6 is 27.5 Å². The van der Waals surface area contributed by atoms with Gasteiger partial charge in [0, 0.05) is 10.9 Å². The maximum absolute atomic E-state index is 11.5. The summed E-state index contributed by atoms with van der Waals surface area (Å²) in [5, 5.41) is 5.35. The molecule has 1 aliphatic rings. The van der Waals surface area contributed by atoms with Crippen molar-refractivity contribution in [1.82, 2.24) is 0 Å². The summed E-state index contributed by atoms with van der Waals surface area (Å²) in [6.07, 6.45) is 0.486. The molecule has 0 saturated carbocycles. The SMILES string of the molecule is NS(=O)(=O)c1cc(Br)cc(Cl)c1OC1CCOC1. The van der Waals surface area contributed by atoms with Crippen LogP contribution in [0, 0.1) is 0 Å². The van der Waals surface area contributed by atoms with E-state index in [1.165, 1.54) is 6.07 Å². The van der Waals surface area contributed by atoms with E-state index in [9.17, 15) is 8.42 Å². The highest BCUT2D eigenvalue weighted by Gasteiger charge is 2.24. The monoisotopic (exact) mass is 355 g/mol. The molecule has 18 heavy (non-hydrogen) atoms. The fourth-order valence-electron chi connectivity index (χ4n) is 1.63. The number of nitrogens with two attached hydrogens (primary N) is 1. The van der Waals surface area contributed by atoms with Crippen LogP contribution in [0.15, 0.2) is 21.5 Å². The van der Waals surface area contributed by atoms with Crippen LogP contribution in [0.1, 0.15) is 6.42 Å². The maximum atomic E-state index is 11.5. The van der Waals surface area contributed by atoms with Crippen LogP contribution in [0.5, 0.6) is 5.75 Å². The lowest BCUT2D eigenvalue weighted by atomic mass is 10.3. The standard InChI is InChI=1S/C10H11BrClNO4S/c11-6-3-8(12)10(9(4-6)18(13,14)15)17-7-1-2-16-5-7/h3-4,7H,1-2,5H2,(H2,13,14,15). The van der Waals surface area contributed by atoms with Crippen LogP contribution in [-0.2, 0) is 14.8 Å². The Morgan fingerprint density at radius 3 is 2.78 bits per heavy atom. The summed E-state index contributed by atoms with van der Waals surface area (Å²) in [4.78, 5) is -0.131. The lowest BCUT2D eigenvalue weighted by Gasteiger charge is -2.16. The van der Waals surface area contributed by atoms with E-state index in [4.69, 9.17) is 26.2 Å². The van der Waals surface area contributed by atoms with Crippen LogP contribution in [0.2, 0.25) is 5.02 Å². The lowest BCUT2D eigenvalue weighted by molar-refractivity contribution is 0.139. The topological polar surface area (TPSA) is 78.6 Å². The Kier molecular flexibility index (Phi) is 4.18. The summed E-state index contributed by atoms with van der Waals surface area (Å²) in [6.45, 7) is 1.000. The molecule has 1 atom stereocenters. The molecule has 1 heterocycles. The second-order valence-electron chi connectivity index (χ2n) is 3.86. The van der Waals surface area contributed by atoms with Crippen molar-refractivity contribution in [3.05, 3.63) is 21.6 Å². The van der Waals surface area contributed by atoms with Gasteiger partial charge in [0.05, 0.1) is 18.2 Å². The second-order valence-corrected chi connectivity index (χ2v) is 6.72. The number of primary sulfonamides is 1. The summed E-state index contributed by atoms with van der Waals surface area (Å²) >= 11 is 9.17. The number of ether oxygens (including phenoxy) is 2. The van der Waals surface area contributed by atoms with E-state index in [0.717, 1.165) is 0 Å². The van der Waals surface area contributed by atoms with Gasteiger partial charge in [0.15, 0.2) is 5.75 Å². The average molecular weight is 357 g/mol. The molecule has 1 aromatic rings.